The number of hydrogen-bond donors (Lipinski definition) is 1. The second-order valence-electron chi connectivity index (χ2n) is 4.40. The van der Waals surface area contributed by atoms with E-state index < -0.39 is 0 Å². The fraction of sp³-hybridized carbons (Fsp3) is 0.267. The highest BCUT2D eigenvalue weighted by atomic mass is 16.5. The lowest BCUT2D eigenvalue weighted by atomic mass is 10.2. The number of nitrogens with one attached hydrogen (secondary N) is 1. The molecule has 0 amide bonds. The Morgan fingerprint density at radius 1 is 1.37 bits per heavy atom. The molecule has 1 aromatic heterocycles. The Morgan fingerprint density at radius 2 is 2.16 bits per heavy atom. The first kappa shape index (κ1) is 13.0. The summed E-state index contributed by atoms with van der Waals surface area (Å²) in [6.07, 6.45) is 0. The number of anilines is 1. The van der Waals surface area contributed by atoms with E-state index in [0.717, 1.165) is 22.7 Å². The minimum Gasteiger partial charge on any atom is -0.497 e. The molecule has 2 aromatic rings. The molecule has 0 aliphatic heterocycles. The lowest BCUT2D eigenvalue weighted by Gasteiger charge is -2.08. The highest BCUT2D eigenvalue weighted by Crippen LogP contribution is 2.19. The van der Waals surface area contributed by atoms with Crippen molar-refractivity contribution in [1.29, 1.82) is 5.26 Å². The van der Waals surface area contributed by atoms with Crippen LogP contribution >= 0.6 is 0 Å². The summed E-state index contributed by atoms with van der Waals surface area (Å²) in [7, 11) is 3.56. The summed E-state index contributed by atoms with van der Waals surface area (Å²) in [6.45, 7) is 2.71. The predicted molar refractivity (Wildman–Crippen MR) is 75.2 cm³/mol. The number of nitriles is 1. The van der Waals surface area contributed by atoms with Crippen molar-refractivity contribution in [3.05, 3.63) is 47.3 Å². The van der Waals surface area contributed by atoms with Crippen LogP contribution in [0.1, 0.15) is 17.0 Å². The number of rotatable bonds is 4. The van der Waals surface area contributed by atoms with Crippen molar-refractivity contribution in [3.8, 4) is 11.8 Å². The van der Waals surface area contributed by atoms with Gasteiger partial charge < -0.3 is 14.6 Å². The van der Waals surface area contributed by atoms with Gasteiger partial charge in [0.25, 0.3) is 0 Å². The van der Waals surface area contributed by atoms with E-state index in [1.165, 1.54) is 0 Å². The Hall–Kier alpha value is -2.41. The quantitative estimate of drug-likeness (QED) is 0.914. The summed E-state index contributed by atoms with van der Waals surface area (Å²) in [4.78, 5) is 0. The average molecular weight is 255 g/mol. The van der Waals surface area contributed by atoms with Gasteiger partial charge in [0.15, 0.2) is 0 Å². The molecule has 4 heteroatoms. The summed E-state index contributed by atoms with van der Waals surface area (Å²) in [6, 6.07) is 11.9. The molecule has 0 aliphatic carbocycles. The maximum atomic E-state index is 9.00. The van der Waals surface area contributed by atoms with Crippen LogP contribution in [0.2, 0.25) is 0 Å². The summed E-state index contributed by atoms with van der Waals surface area (Å²) < 4.78 is 7.09. The van der Waals surface area contributed by atoms with Crippen molar-refractivity contribution in [2.45, 2.75) is 13.5 Å². The number of nitrogens with zero attached hydrogens (tertiary/aromatic N) is 2. The van der Waals surface area contributed by atoms with Crippen LogP contribution in [0.4, 0.5) is 5.69 Å². The molecular formula is C15H17N3O. The lowest BCUT2D eigenvalue weighted by Crippen LogP contribution is -2.01. The average Bonchev–Trinajstić information content (AvgIpc) is 2.73. The molecule has 0 saturated heterocycles. The number of ether oxygens (including phenoxy) is 1. The second-order valence-corrected chi connectivity index (χ2v) is 4.40. The molecule has 0 spiro atoms. The van der Waals surface area contributed by atoms with E-state index >= 15 is 0 Å². The number of aromatic nitrogens is 1. The number of benzene rings is 1. The first-order valence-corrected chi connectivity index (χ1v) is 6.09. The van der Waals surface area contributed by atoms with Crippen LogP contribution in [0.5, 0.6) is 5.75 Å². The van der Waals surface area contributed by atoms with Crippen LogP contribution in [0.3, 0.4) is 0 Å². The van der Waals surface area contributed by atoms with Gasteiger partial charge in [-0.2, -0.15) is 5.26 Å². The Balaban J connectivity index is 2.12. The second kappa shape index (κ2) is 5.49. The summed E-state index contributed by atoms with van der Waals surface area (Å²) >= 11 is 0. The SMILES string of the molecule is COc1cccc(NCc2cc(C#N)n(C)c2C)c1. The first-order chi connectivity index (χ1) is 9.15. The molecule has 1 N–H and O–H groups in total. The Morgan fingerprint density at radius 3 is 2.79 bits per heavy atom. The topological polar surface area (TPSA) is 50.0 Å². The van der Waals surface area contributed by atoms with E-state index in [1.54, 1.807) is 7.11 Å². The maximum absolute atomic E-state index is 9.00. The van der Waals surface area contributed by atoms with Gasteiger partial charge in [-0.1, -0.05) is 6.07 Å². The van der Waals surface area contributed by atoms with Crippen molar-refractivity contribution in [3.63, 3.8) is 0 Å². The monoisotopic (exact) mass is 255 g/mol. The largest absolute Gasteiger partial charge is 0.497 e. The molecule has 0 saturated carbocycles. The minimum absolute atomic E-state index is 0.681. The van der Waals surface area contributed by atoms with E-state index in [1.807, 2.05) is 48.9 Å². The molecule has 1 heterocycles. The Bertz CT molecular complexity index is 623. The van der Waals surface area contributed by atoms with Gasteiger partial charge in [0, 0.05) is 31.0 Å². The van der Waals surface area contributed by atoms with Crippen molar-refractivity contribution in [2.24, 2.45) is 7.05 Å². The van der Waals surface area contributed by atoms with Crippen LogP contribution in [-0.4, -0.2) is 11.7 Å². The van der Waals surface area contributed by atoms with Gasteiger partial charge >= 0.3 is 0 Å². The molecule has 98 valence electrons. The lowest BCUT2D eigenvalue weighted by molar-refractivity contribution is 0.415. The van der Waals surface area contributed by atoms with Crippen LogP contribution in [0.25, 0.3) is 0 Å². The van der Waals surface area contributed by atoms with Crippen LogP contribution in [0, 0.1) is 18.3 Å². The molecule has 1 aromatic carbocycles. The van der Waals surface area contributed by atoms with Crippen molar-refractivity contribution < 1.29 is 4.74 Å². The number of methoxy groups -OCH3 is 1. The van der Waals surface area contributed by atoms with E-state index in [-0.39, 0.29) is 0 Å². The van der Waals surface area contributed by atoms with Gasteiger partial charge in [-0.05, 0) is 30.7 Å². The summed E-state index contributed by atoms with van der Waals surface area (Å²) in [5.41, 5.74) is 3.91. The standard InChI is InChI=1S/C15H17N3O/c1-11-12(7-14(9-16)18(11)2)10-17-13-5-4-6-15(8-13)19-3/h4-8,17H,10H2,1-3H3. The van der Waals surface area contributed by atoms with E-state index in [0.29, 0.717) is 12.2 Å². The van der Waals surface area contributed by atoms with Gasteiger partial charge in [0.05, 0.1) is 7.11 Å². The van der Waals surface area contributed by atoms with Crippen LogP contribution < -0.4 is 10.1 Å². The zero-order chi connectivity index (χ0) is 13.8. The fourth-order valence-corrected chi connectivity index (χ4v) is 1.98. The summed E-state index contributed by atoms with van der Waals surface area (Å²) in [5.74, 6) is 0.826. The van der Waals surface area contributed by atoms with Crippen LogP contribution in [-0.2, 0) is 13.6 Å². The van der Waals surface area contributed by atoms with Crippen LogP contribution in [0.15, 0.2) is 30.3 Å². The van der Waals surface area contributed by atoms with Gasteiger partial charge in [-0.3, -0.25) is 0 Å². The third kappa shape index (κ3) is 2.71. The molecule has 0 radical (unpaired) electrons. The number of hydrogen-bond acceptors (Lipinski definition) is 3. The molecule has 0 aliphatic rings. The van der Waals surface area contributed by atoms with E-state index in [2.05, 4.69) is 11.4 Å². The van der Waals surface area contributed by atoms with Crippen molar-refractivity contribution >= 4 is 5.69 Å². The molecule has 0 bridgehead atoms. The molecule has 4 nitrogen and oxygen atoms in total. The molecule has 0 atom stereocenters. The highest BCUT2D eigenvalue weighted by Gasteiger charge is 2.08. The van der Waals surface area contributed by atoms with Gasteiger partial charge in [-0.25, -0.2) is 0 Å². The molecule has 0 fully saturated rings. The maximum Gasteiger partial charge on any atom is 0.120 e. The third-order valence-corrected chi connectivity index (χ3v) is 3.31. The predicted octanol–water partition coefficient (Wildman–Crippen LogP) is 2.83. The third-order valence-electron chi connectivity index (χ3n) is 3.31. The van der Waals surface area contributed by atoms with E-state index in [4.69, 9.17) is 10.00 Å². The van der Waals surface area contributed by atoms with Crippen molar-refractivity contribution in [1.82, 2.24) is 4.57 Å². The van der Waals surface area contributed by atoms with Crippen molar-refractivity contribution in [2.75, 3.05) is 12.4 Å². The first-order valence-electron chi connectivity index (χ1n) is 6.09. The minimum atomic E-state index is 0.681. The van der Waals surface area contributed by atoms with Gasteiger partial charge in [-0.15, -0.1) is 0 Å². The molecular weight excluding hydrogens is 238 g/mol. The normalized spacial score (nSPS) is 10.0. The molecule has 19 heavy (non-hydrogen) atoms. The van der Waals surface area contributed by atoms with Gasteiger partial charge in [0.1, 0.15) is 17.5 Å². The zero-order valence-corrected chi connectivity index (χ0v) is 11.4. The fourth-order valence-electron chi connectivity index (χ4n) is 1.98. The molecule has 0 unspecified atom stereocenters. The van der Waals surface area contributed by atoms with E-state index in [9.17, 15) is 0 Å². The Labute approximate surface area is 113 Å². The zero-order valence-electron chi connectivity index (χ0n) is 11.4. The highest BCUT2D eigenvalue weighted by molar-refractivity contribution is 5.49. The summed E-state index contributed by atoms with van der Waals surface area (Å²) in [5, 5.41) is 12.3. The Kier molecular flexibility index (Phi) is 3.76. The van der Waals surface area contributed by atoms with Gasteiger partial charge in [0.2, 0.25) is 0 Å². The molecule has 2 rings (SSSR count). The smallest absolute Gasteiger partial charge is 0.120 e.